The molecule has 0 fully saturated rings. The Morgan fingerprint density at radius 2 is 2.10 bits per heavy atom. The second kappa shape index (κ2) is 5.37. The van der Waals surface area contributed by atoms with Gasteiger partial charge in [-0.25, -0.2) is 4.98 Å². The van der Waals surface area contributed by atoms with Crippen LogP contribution in [0.3, 0.4) is 0 Å². The van der Waals surface area contributed by atoms with Crippen LogP contribution in [0.4, 0.5) is 5.69 Å². The molecule has 0 aliphatic rings. The van der Waals surface area contributed by atoms with E-state index in [2.05, 4.69) is 22.2 Å². The maximum absolute atomic E-state index is 6.44. The van der Waals surface area contributed by atoms with Crippen LogP contribution in [0, 0.1) is 6.92 Å². The summed E-state index contributed by atoms with van der Waals surface area (Å²) in [5.41, 5.74) is 2.95. The molecule has 1 atom stereocenters. The number of aromatic nitrogens is 3. The fourth-order valence-electron chi connectivity index (χ4n) is 2.60. The number of fused-ring (bicyclic) bond motifs is 1. The van der Waals surface area contributed by atoms with E-state index in [0.29, 0.717) is 5.02 Å². The van der Waals surface area contributed by atoms with E-state index in [0.717, 1.165) is 28.0 Å². The lowest BCUT2D eigenvalue weighted by Crippen LogP contribution is -2.12. The van der Waals surface area contributed by atoms with Gasteiger partial charge in [-0.05, 0) is 37.6 Å². The lowest BCUT2D eigenvalue weighted by molar-refractivity contribution is 0.722. The smallest absolute Gasteiger partial charge is 0.130 e. The van der Waals surface area contributed by atoms with Crippen molar-refractivity contribution >= 4 is 28.2 Å². The van der Waals surface area contributed by atoms with Crippen LogP contribution in [-0.4, -0.2) is 14.5 Å². The fourth-order valence-corrected chi connectivity index (χ4v) is 2.92. The summed E-state index contributed by atoms with van der Waals surface area (Å²) in [7, 11) is 1.98. The standard InChI is InChI=1S/C16H17ClN4/c1-10-9-13(17)15(12-5-4-6-18-14(10)12)20-11(2)16-19-7-8-21(16)3/h4-9,11,20H,1-3H3. The van der Waals surface area contributed by atoms with E-state index < -0.39 is 0 Å². The number of hydrogen-bond donors (Lipinski definition) is 1. The van der Waals surface area contributed by atoms with Crippen molar-refractivity contribution in [2.24, 2.45) is 7.05 Å². The highest BCUT2D eigenvalue weighted by Gasteiger charge is 2.15. The van der Waals surface area contributed by atoms with Crippen molar-refractivity contribution < 1.29 is 0 Å². The molecule has 3 rings (SSSR count). The van der Waals surface area contributed by atoms with Gasteiger partial charge in [-0.15, -0.1) is 0 Å². The fraction of sp³-hybridized carbons (Fsp3) is 0.250. The third kappa shape index (κ3) is 2.47. The average Bonchev–Trinajstić information content (AvgIpc) is 2.89. The van der Waals surface area contributed by atoms with E-state index in [4.69, 9.17) is 11.6 Å². The van der Waals surface area contributed by atoms with E-state index >= 15 is 0 Å². The van der Waals surface area contributed by atoms with Crippen LogP contribution in [0.15, 0.2) is 36.8 Å². The Bertz CT molecular complexity index is 794. The van der Waals surface area contributed by atoms with Crippen molar-refractivity contribution in [3.8, 4) is 0 Å². The Kier molecular flexibility index (Phi) is 3.55. The number of rotatable bonds is 3. The molecule has 0 aliphatic carbocycles. The van der Waals surface area contributed by atoms with Gasteiger partial charge in [0.2, 0.25) is 0 Å². The maximum Gasteiger partial charge on any atom is 0.130 e. The first kappa shape index (κ1) is 13.9. The van der Waals surface area contributed by atoms with Gasteiger partial charge in [-0.1, -0.05) is 11.6 Å². The summed E-state index contributed by atoms with van der Waals surface area (Å²) in [5.74, 6) is 0.962. The molecule has 0 radical (unpaired) electrons. The highest BCUT2D eigenvalue weighted by Crippen LogP contribution is 2.34. The first-order valence-corrected chi connectivity index (χ1v) is 7.23. The minimum atomic E-state index is 0.0496. The summed E-state index contributed by atoms with van der Waals surface area (Å²) in [6.45, 7) is 4.09. The highest BCUT2D eigenvalue weighted by molar-refractivity contribution is 6.35. The summed E-state index contributed by atoms with van der Waals surface area (Å²) in [4.78, 5) is 8.83. The molecular formula is C16H17ClN4. The van der Waals surface area contributed by atoms with Crippen molar-refractivity contribution in [3.63, 3.8) is 0 Å². The molecule has 0 spiro atoms. The van der Waals surface area contributed by atoms with Gasteiger partial charge in [-0.3, -0.25) is 4.98 Å². The first-order valence-electron chi connectivity index (χ1n) is 6.85. The van der Waals surface area contributed by atoms with Crippen LogP contribution in [0.1, 0.15) is 24.4 Å². The lowest BCUT2D eigenvalue weighted by atomic mass is 10.1. The third-order valence-corrected chi connectivity index (χ3v) is 3.94. The Morgan fingerprint density at radius 3 is 2.81 bits per heavy atom. The number of aryl methyl sites for hydroxylation is 2. The second-order valence-corrected chi connectivity index (χ2v) is 5.62. The van der Waals surface area contributed by atoms with Crippen LogP contribution in [-0.2, 0) is 7.05 Å². The molecule has 3 aromatic rings. The van der Waals surface area contributed by atoms with Crippen LogP contribution < -0.4 is 5.32 Å². The number of imidazole rings is 1. The number of hydrogen-bond acceptors (Lipinski definition) is 3. The van der Waals surface area contributed by atoms with Crippen molar-refractivity contribution in [1.82, 2.24) is 14.5 Å². The summed E-state index contributed by atoms with van der Waals surface area (Å²) in [6, 6.07) is 5.96. The lowest BCUT2D eigenvalue weighted by Gasteiger charge is -2.18. The summed E-state index contributed by atoms with van der Waals surface area (Å²) in [5, 5.41) is 5.20. The Balaban J connectivity index is 2.07. The first-order chi connectivity index (χ1) is 10.1. The molecule has 21 heavy (non-hydrogen) atoms. The minimum absolute atomic E-state index is 0.0496. The average molecular weight is 301 g/mol. The normalized spacial score (nSPS) is 12.6. The van der Waals surface area contributed by atoms with Gasteiger partial charge in [0.1, 0.15) is 5.82 Å². The molecule has 0 saturated carbocycles. The molecule has 0 amide bonds. The van der Waals surface area contributed by atoms with E-state index in [-0.39, 0.29) is 6.04 Å². The van der Waals surface area contributed by atoms with Crippen LogP contribution in [0.5, 0.6) is 0 Å². The summed E-state index contributed by atoms with van der Waals surface area (Å²) < 4.78 is 2.00. The van der Waals surface area contributed by atoms with Gasteiger partial charge in [0.25, 0.3) is 0 Å². The topological polar surface area (TPSA) is 42.7 Å². The van der Waals surface area contributed by atoms with Crippen molar-refractivity contribution in [2.45, 2.75) is 19.9 Å². The molecule has 2 heterocycles. The van der Waals surface area contributed by atoms with Crippen molar-refractivity contribution in [1.29, 1.82) is 0 Å². The van der Waals surface area contributed by atoms with E-state index in [9.17, 15) is 0 Å². The molecule has 4 nitrogen and oxygen atoms in total. The van der Waals surface area contributed by atoms with Gasteiger partial charge < -0.3 is 9.88 Å². The molecule has 0 bridgehead atoms. The number of benzene rings is 1. The number of anilines is 1. The minimum Gasteiger partial charge on any atom is -0.374 e. The summed E-state index contributed by atoms with van der Waals surface area (Å²) >= 11 is 6.44. The van der Waals surface area contributed by atoms with Crippen LogP contribution >= 0.6 is 11.6 Å². The number of nitrogens with zero attached hydrogens (tertiary/aromatic N) is 3. The summed E-state index contributed by atoms with van der Waals surface area (Å²) in [6.07, 6.45) is 5.53. The Labute approximate surface area is 128 Å². The predicted octanol–water partition coefficient (Wildman–Crippen LogP) is 4.10. The maximum atomic E-state index is 6.44. The molecule has 1 unspecified atom stereocenters. The number of nitrogens with one attached hydrogen (secondary N) is 1. The van der Waals surface area contributed by atoms with E-state index in [1.165, 1.54) is 0 Å². The van der Waals surface area contributed by atoms with Gasteiger partial charge in [-0.2, -0.15) is 0 Å². The monoisotopic (exact) mass is 300 g/mol. The number of pyridine rings is 1. The molecule has 1 aromatic carbocycles. The molecule has 2 aromatic heterocycles. The molecule has 0 saturated heterocycles. The number of halogens is 1. The molecule has 5 heteroatoms. The van der Waals surface area contributed by atoms with Gasteiger partial charge in [0.15, 0.2) is 0 Å². The van der Waals surface area contributed by atoms with Crippen LogP contribution in [0.2, 0.25) is 5.02 Å². The molecule has 0 aliphatic heterocycles. The highest BCUT2D eigenvalue weighted by atomic mass is 35.5. The SMILES string of the molecule is Cc1cc(Cl)c(NC(C)c2nccn2C)c2cccnc12. The predicted molar refractivity (Wildman–Crippen MR) is 86.7 cm³/mol. The zero-order valence-electron chi connectivity index (χ0n) is 12.3. The molecule has 1 N–H and O–H groups in total. The zero-order valence-corrected chi connectivity index (χ0v) is 13.0. The second-order valence-electron chi connectivity index (χ2n) is 5.21. The Hall–Kier alpha value is -2.07. The molecule has 108 valence electrons. The Morgan fingerprint density at radius 1 is 1.29 bits per heavy atom. The van der Waals surface area contributed by atoms with Gasteiger partial charge in [0.05, 0.1) is 22.3 Å². The zero-order chi connectivity index (χ0) is 15.0. The van der Waals surface area contributed by atoms with Crippen LogP contribution in [0.25, 0.3) is 10.9 Å². The van der Waals surface area contributed by atoms with E-state index in [1.807, 2.05) is 42.9 Å². The quantitative estimate of drug-likeness (QED) is 0.792. The largest absolute Gasteiger partial charge is 0.374 e. The van der Waals surface area contributed by atoms with Crippen molar-refractivity contribution in [3.05, 3.63) is 53.2 Å². The third-order valence-electron chi connectivity index (χ3n) is 3.64. The molecular weight excluding hydrogens is 284 g/mol. The van der Waals surface area contributed by atoms with Gasteiger partial charge >= 0.3 is 0 Å². The van der Waals surface area contributed by atoms with Crippen molar-refractivity contribution in [2.75, 3.05) is 5.32 Å². The van der Waals surface area contributed by atoms with Gasteiger partial charge in [0, 0.05) is 31.0 Å². The van der Waals surface area contributed by atoms with E-state index in [1.54, 1.807) is 12.4 Å².